The molecule has 0 aromatic carbocycles. The number of halogens is 1. The van der Waals surface area contributed by atoms with Gasteiger partial charge in [0.05, 0.1) is 0 Å². The molecule has 1 aromatic heterocycles. The molecule has 84 valence electrons. The fraction of sp³-hybridized carbons (Fsp3) is 0.667. The van der Waals surface area contributed by atoms with Crippen LogP contribution in [0.2, 0.25) is 0 Å². The molecule has 1 aliphatic carbocycles. The van der Waals surface area contributed by atoms with Gasteiger partial charge in [0, 0.05) is 21.3 Å². The zero-order chi connectivity index (χ0) is 10.9. The number of hydrogen-bond acceptors (Lipinski definition) is 2. The molecule has 0 bridgehead atoms. The van der Waals surface area contributed by atoms with Gasteiger partial charge in [0.2, 0.25) is 0 Å². The van der Waals surface area contributed by atoms with Crippen LogP contribution in [0, 0.1) is 11.3 Å². The van der Waals surface area contributed by atoms with Gasteiger partial charge in [-0.2, -0.15) is 0 Å². The maximum Gasteiger partial charge on any atom is 0.0285 e. The summed E-state index contributed by atoms with van der Waals surface area (Å²) < 4.78 is 1.23. The maximum atomic E-state index is 3.53. The molecule has 1 aliphatic rings. The number of thiophene rings is 1. The number of rotatable bonds is 5. The lowest BCUT2D eigenvalue weighted by atomic mass is 9.81. The first-order chi connectivity index (χ1) is 7.14. The van der Waals surface area contributed by atoms with Crippen LogP contribution < -0.4 is 5.32 Å². The Kier molecular flexibility index (Phi) is 3.53. The largest absolute Gasteiger partial charge is 0.319 e. The van der Waals surface area contributed by atoms with Crippen molar-refractivity contribution < 1.29 is 0 Å². The van der Waals surface area contributed by atoms with Crippen molar-refractivity contribution in [1.29, 1.82) is 0 Å². The van der Waals surface area contributed by atoms with E-state index in [1.807, 2.05) is 11.3 Å². The van der Waals surface area contributed by atoms with Crippen LogP contribution in [-0.4, -0.2) is 13.6 Å². The SMILES string of the molecule is CNCC(C)(Cc1cc(Br)cs1)C1CC1. The molecule has 1 nitrogen and oxygen atoms in total. The molecule has 3 heteroatoms. The van der Waals surface area contributed by atoms with Crippen molar-refractivity contribution in [2.45, 2.75) is 26.2 Å². The third kappa shape index (κ3) is 2.83. The van der Waals surface area contributed by atoms with E-state index in [0.29, 0.717) is 5.41 Å². The van der Waals surface area contributed by atoms with Crippen LogP contribution in [0.15, 0.2) is 15.9 Å². The van der Waals surface area contributed by atoms with Gasteiger partial charge in [-0.3, -0.25) is 0 Å². The van der Waals surface area contributed by atoms with Gasteiger partial charge in [0.25, 0.3) is 0 Å². The molecule has 1 unspecified atom stereocenters. The molecule has 0 spiro atoms. The van der Waals surface area contributed by atoms with E-state index < -0.39 is 0 Å². The van der Waals surface area contributed by atoms with Gasteiger partial charge in [-0.05, 0) is 59.6 Å². The van der Waals surface area contributed by atoms with E-state index in [2.05, 4.69) is 46.7 Å². The topological polar surface area (TPSA) is 12.0 Å². The first-order valence-corrected chi connectivity index (χ1v) is 7.19. The van der Waals surface area contributed by atoms with Gasteiger partial charge in [-0.25, -0.2) is 0 Å². The van der Waals surface area contributed by atoms with Gasteiger partial charge in [-0.1, -0.05) is 6.92 Å². The molecule has 0 aliphatic heterocycles. The highest BCUT2D eigenvalue weighted by Crippen LogP contribution is 2.47. The fourth-order valence-electron chi connectivity index (χ4n) is 2.38. The second-order valence-electron chi connectivity index (χ2n) is 4.87. The number of nitrogens with one attached hydrogen (secondary N) is 1. The van der Waals surface area contributed by atoms with E-state index in [9.17, 15) is 0 Å². The first kappa shape index (κ1) is 11.6. The molecule has 15 heavy (non-hydrogen) atoms. The molecular weight excluding hydrogens is 270 g/mol. The van der Waals surface area contributed by atoms with Crippen molar-refractivity contribution in [3.8, 4) is 0 Å². The van der Waals surface area contributed by atoms with Crippen molar-refractivity contribution in [2.75, 3.05) is 13.6 Å². The lowest BCUT2D eigenvalue weighted by Gasteiger charge is -2.29. The van der Waals surface area contributed by atoms with Gasteiger partial charge < -0.3 is 5.32 Å². The fourth-order valence-corrected chi connectivity index (χ4v) is 4.03. The quantitative estimate of drug-likeness (QED) is 0.871. The molecule has 0 radical (unpaired) electrons. The molecule has 1 aromatic rings. The Balaban J connectivity index is 2.06. The maximum absolute atomic E-state index is 3.53. The van der Waals surface area contributed by atoms with Gasteiger partial charge in [0.1, 0.15) is 0 Å². The lowest BCUT2D eigenvalue weighted by Crippen LogP contribution is -2.33. The first-order valence-electron chi connectivity index (χ1n) is 5.51. The van der Waals surface area contributed by atoms with Gasteiger partial charge >= 0.3 is 0 Å². The highest BCUT2D eigenvalue weighted by molar-refractivity contribution is 9.10. The van der Waals surface area contributed by atoms with Crippen LogP contribution in [0.1, 0.15) is 24.6 Å². The Morgan fingerprint density at radius 3 is 2.80 bits per heavy atom. The van der Waals surface area contributed by atoms with Gasteiger partial charge in [-0.15, -0.1) is 11.3 Å². The van der Waals surface area contributed by atoms with Crippen LogP contribution in [0.5, 0.6) is 0 Å². The lowest BCUT2D eigenvalue weighted by molar-refractivity contribution is 0.265. The second-order valence-corrected chi connectivity index (χ2v) is 6.78. The van der Waals surface area contributed by atoms with E-state index in [4.69, 9.17) is 0 Å². The minimum absolute atomic E-state index is 0.457. The van der Waals surface area contributed by atoms with E-state index in [-0.39, 0.29) is 0 Å². The monoisotopic (exact) mass is 287 g/mol. The number of hydrogen-bond donors (Lipinski definition) is 1. The predicted molar refractivity (Wildman–Crippen MR) is 70.5 cm³/mol. The van der Waals surface area contributed by atoms with Crippen molar-refractivity contribution >= 4 is 27.3 Å². The van der Waals surface area contributed by atoms with E-state index in [0.717, 1.165) is 12.5 Å². The van der Waals surface area contributed by atoms with Crippen LogP contribution >= 0.6 is 27.3 Å². The Morgan fingerprint density at radius 1 is 1.60 bits per heavy atom. The Bertz CT molecular complexity index is 332. The van der Waals surface area contributed by atoms with E-state index >= 15 is 0 Å². The third-order valence-electron chi connectivity index (χ3n) is 3.34. The second kappa shape index (κ2) is 4.56. The van der Waals surface area contributed by atoms with Crippen LogP contribution in [0.25, 0.3) is 0 Å². The van der Waals surface area contributed by atoms with Crippen molar-refractivity contribution in [1.82, 2.24) is 5.32 Å². The standard InChI is InChI=1S/C12H18BrNS/c1-12(8-14-2,9-3-4-9)6-11-5-10(13)7-15-11/h5,7,9,14H,3-4,6,8H2,1-2H3. The van der Waals surface area contributed by atoms with Crippen molar-refractivity contribution in [2.24, 2.45) is 11.3 Å². The van der Waals surface area contributed by atoms with Crippen molar-refractivity contribution in [3.05, 3.63) is 20.8 Å². The summed E-state index contributed by atoms with van der Waals surface area (Å²) in [6.45, 7) is 3.56. The summed E-state index contributed by atoms with van der Waals surface area (Å²) in [5.74, 6) is 0.936. The Hall–Kier alpha value is 0.140. The summed E-state index contributed by atoms with van der Waals surface area (Å²) in [5, 5.41) is 5.53. The van der Waals surface area contributed by atoms with Crippen molar-refractivity contribution in [3.63, 3.8) is 0 Å². The average Bonchev–Trinajstić information content (AvgIpc) is 2.93. The van der Waals surface area contributed by atoms with E-state index in [1.165, 1.54) is 28.6 Å². The van der Waals surface area contributed by atoms with Crippen LogP contribution in [0.3, 0.4) is 0 Å². The molecule has 2 rings (SSSR count). The normalized spacial score (nSPS) is 20.2. The third-order valence-corrected chi connectivity index (χ3v) is 5.04. The summed E-state index contributed by atoms with van der Waals surface area (Å²) in [4.78, 5) is 1.51. The van der Waals surface area contributed by atoms with Crippen LogP contribution in [0.4, 0.5) is 0 Å². The summed E-state index contributed by atoms with van der Waals surface area (Å²) in [6.07, 6.45) is 4.06. The summed E-state index contributed by atoms with van der Waals surface area (Å²) in [7, 11) is 2.06. The van der Waals surface area contributed by atoms with E-state index in [1.54, 1.807) is 0 Å². The summed E-state index contributed by atoms with van der Waals surface area (Å²) in [5.41, 5.74) is 0.457. The molecule has 1 fully saturated rings. The Labute approximate surface area is 104 Å². The minimum atomic E-state index is 0.457. The molecule has 1 heterocycles. The van der Waals surface area contributed by atoms with Crippen LogP contribution in [-0.2, 0) is 6.42 Å². The molecule has 0 amide bonds. The average molecular weight is 288 g/mol. The summed E-state index contributed by atoms with van der Waals surface area (Å²) in [6, 6.07) is 2.26. The molecule has 1 saturated carbocycles. The zero-order valence-electron chi connectivity index (χ0n) is 9.35. The van der Waals surface area contributed by atoms with Gasteiger partial charge in [0.15, 0.2) is 0 Å². The molecular formula is C12H18BrNS. The smallest absolute Gasteiger partial charge is 0.0285 e. The highest BCUT2D eigenvalue weighted by Gasteiger charge is 2.41. The molecule has 1 atom stereocenters. The molecule has 0 saturated heterocycles. The Morgan fingerprint density at radius 2 is 2.33 bits per heavy atom. The molecule has 1 N–H and O–H groups in total. The summed E-state index contributed by atoms with van der Waals surface area (Å²) >= 11 is 5.40. The highest BCUT2D eigenvalue weighted by atomic mass is 79.9. The minimum Gasteiger partial charge on any atom is -0.319 e. The zero-order valence-corrected chi connectivity index (χ0v) is 11.7. The predicted octanol–water partition coefficient (Wildman–Crippen LogP) is 3.69.